The van der Waals surface area contributed by atoms with Gasteiger partial charge in [-0.1, -0.05) is 12.8 Å². The van der Waals surface area contributed by atoms with E-state index in [-0.39, 0.29) is 23.7 Å². The Morgan fingerprint density at radius 1 is 1.58 bits per heavy atom. The van der Waals surface area contributed by atoms with Crippen LogP contribution in [0.3, 0.4) is 0 Å². The molecule has 0 radical (unpaired) electrons. The van der Waals surface area contributed by atoms with Crippen molar-refractivity contribution in [2.75, 3.05) is 18.4 Å². The number of hydrogen-bond donors (Lipinski definition) is 2. The lowest BCUT2D eigenvalue weighted by Gasteiger charge is -2.36. The number of nitrogens with zero attached hydrogens (tertiary/aromatic N) is 1. The van der Waals surface area contributed by atoms with Gasteiger partial charge in [-0.2, -0.15) is 0 Å². The average molecular weight is 302 g/mol. The molecule has 0 bridgehead atoms. The van der Waals surface area contributed by atoms with E-state index in [0.29, 0.717) is 5.92 Å². The van der Waals surface area contributed by atoms with E-state index in [1.807, 2.05) is 13.1 Å². The van der Waals surface area contributed by atoms with Crippen molar-refractivity contribution in [2.24, 2.45) is 11.3 Å². The third kappa shape index (κ3) is 2.64. The molecule has 2 heterocycles. The van der Waals surface area contributed by atoms with Gasteiger partial charge < -0.3 is 10.6 Å². The highest BCUT2D eigenvalue weighted by Gasteiger charge is 2.49. The first-order chi connectivity index (χ1) is 8.71. The number of anilines is 1. The summed E-state index contributed by atoms with van der Waals surface area (Å²) < 4.78 is 0. The Balaban J connectivity index is 0.00000133. The largest absolute Gasteiger partial charge is 0.315 e. The van der Waals surface area contributed by atoms with Gasteiger partial charge in [-0.15, -0.1) is 23.7 Å². The Hall–Kier alpha value is -0.650. The molecule has 2 aliphatic rings. The molecule has 1 aromatic heterocycles. The number of aryl methyl sites for hydroxylation is 1. The van der Waals surface area contributed by atoms with E-state index in [0.717, 1.165) is 29.5 Å². The van der Waals surface area contributed by atoms with Gasteiger partial charge in [0, 0.05) is 17.6 Å². The lowest BCUT2D eigenvalue weighted by atomic mass is 9.68. The fraction of sp³-hybridized carbons (Fsp3) is 0.692. The number of halogens is 1. The molecule has 1 saturated carbocycles. The Labute approximate surface area is 123 Å². The van der Waals surface area contributed by atoms with E-state index >= 15 is 0 Å². The molecule has 2 fully saturated rings. The molecule has 2 atom stereocenters. The highest BCUT2D eigenvalue weighted by molar-refractivity contribution is 7.15. The summed E-state index contributed by atoms with van der Waals surface area (Å²) >= 11 is 1.55. The molecule has 4 nitrogen and oxygen atoms in total. The molecule has 1 saturated heterocycles. The SMILES string of the molecule is Cc1cnc(NC(=O)[C@@]23CCCC[C@H]2CNC3)s1.Cl. The summed E-state index contributed by atoms with van der Waals surface area (Å²) in [6.45, 7) is 3.82. The number of fused-ring (bicyclic) bond motifs is 1. The minimum absolute atomic E-state index is 0. The molecule has 2 N–H and O–H groups in total. The molecular formula is C13H20ClN3OS. The highest BCUT2D eigenvalue weighted by atomic mass is 35.5. The Bertz CT molecular complexity index is 464. The molecule has 1 aromatic rings. The minimum atomic E-state index is -0.183. The second-order valence-corrected chi connectivity index (χ2v) is 6.69. The second-order valence-electron chi connectivity index (χ2n) is 5.46. The summed E-state index contributed by atoms with van der Waals surface area (Å²) in [7, 11) is 0. The Morgan fingerprint density at radius 3 is 3.16 bits per heavy atom. The van der Waals surface area contributed by atoms with Crippen LogP contribution in [-0.4, -0.2) is 24.0 Å². The van der Waals surface area contributed by atoms with Crippen molar-refractivity contribution >= 4 is 34.8 Å². The first kappa shape index (κ1) is 14.8. The van der Waals surface area contributed by atoms with Gasteiger partial charge in [0.25, 0.3) is 0 Å². The maximum absolute atomic E-state index is 12.6. The van der Waals surface area contributed by atoms with E-state index in [1.165, 1.54) is 19.3 Å². The van der Waals surface area contributed by atoms with Gasteiger partial charge in [0.05, 0.1) is 5.41 Å². The van der Waals surface area contributed by atoms with Crippen molar-refractivity contribution in [3.63, 3.8) is 0 Å². The van der Waals surface area contributed by atoms with Gasteiger partial charge in [-0.25, -0.2) is 4.98 Å². The first-order valence-electron chi connectivity index (χ1n) is 6.65. The lowest BCUT2D eigenvalue weighted by molar-refractivity contribution is -0.128. The summed E-state index contributed by atoms with van der Waals surface area (Å²) in [6, 6.07) is 0. The van der Waals surface area contributed by atoms with E-state index < -0.39 is 0 Å². The average Bonchev–Trinajstić information content (AvgIpc) is 2.96. The van der Waals surface area contributed by atoms with Crippen LogP contribution in [0, 0.1) is 18.3 Å². The fourth-order valence-corrected chi connectivity index (χ4v) is 3.98. The third-order valence-electron chi connectivity index (χ3n) is 4.33. The monoisotopic (exact) mass is 301 g/mol. The zero-order valence-electron chi connectivity index (χ0n) is 11.1. The zero-order valence-corrected chi connectivity index (χ0v) is 12.7. The van der Waals surface area contributed by atoms with Crippen molar-refractivity contribution < 1.29 is 4.79 Å². The normalized spacial score (nSPS) is 29.4. The summed E-state index contributed by atoms with van der Waals surface area (Å²) in [6.07, 6.45) is 6.43. The second kappa shape index (κ2) is 5.77. The molecule has 0 spiro atoms. The molecule has 0 unspecified atom stereocenters. The smallest absolute Gasteiger partial charge is 0.233 e. The number of rotatable bonds is 2. The van der Waals surface area contributed by atoms with Crippen LogP contribution in [0.15, 0.2) is 6.20 Å². The van der Waals surface area contributed by atoms with Crippen molar-refractivity contribution in [1.82, 2.24) is 10.3 Å². The molecule has 1 aliphatic heterocycles. The van der Waals surface area contributed by atoms with Gasteiger partial charge in [-0.3, -0.25) is 4.79 Å². The predicted octanol–water partition coefficient (Wildman–Crippen LogP) is 2.59. The predicted molar refractivity (Wildman–Crippen MR) is 80.0 cm³/mol. The van der Waals surface area contributed by atoms with Crippen LogP contribution in [0.2, 0.25) is 0 Å². The van der Waals surface area contributed by atoms with Crippen LogP contribution < -0.4 is 10.6 Å². The zero-order chi connectivity index (χ0) is 12.6. The Kier molecular flexibility index (Phi) is 4.48. The van der Waals surface area contributed by atoms with Crippen LogP contribution in [0.5, 0.6) is 0 Å². The first-order valence-corrected chi connectivity index (χ1v) is 7.47. The number of nitrogens with one attached hydrogen (secondary N) is 2. The quantitative estimate of drug-likeness (QED) is 0.883. The van der Waals surface area contributed by atoms with Crippen molar-refractivity contribution in [2.45, 2.75) is 32.6 Å². The maximum atomic E-state index is 12.6. The standard InChI is InChI=1S/C13H19N3OS.ClH/c1-9-6-15-12(18-9)16-11(17)13-5-3-2-4-10(13)7-14-8-13;/h6,10,14H,2-5,7-8H2,1H3,(H,15,16,17);1H/t10-,13+;/m0./s1. The third-order valence-corrected chi connectivity index (χ3v) is 5.16. The van der Waals surface area contributed by atoms with Crippen LogP contribution in [0.4, 0.5) is 5.13 Å². The van der Waals surface area contributed by atoms with Crippen molar-refractivity contribution in [3.8, 4) is 0 Å². The number of hydrogen-bond acceptors (Lipinski definition) is 4. The van der Waals surface area contributed by atoms with Crippen LogP contribution >= 0.6 is 23.7 Å². The molecule has 19 heavy (non-hydrogen) atoms. The Morgan fingerprint density at radius 2 is 2.42 bits per heavy atom. The van der Waals surface area contributed by atoms with Crippen molar-refractivity contribution in [1.29, 1.82) is 0 Å². The summed E-state index contributed by atoms with van der Waals surface area (Å²) in [4.78, 5) is 18.0. The van der Waals surface area contributed by atoms with Crippen LogP contribution in [-0.2, 0) is 4.79 Å². The number of aromatic nitrogens is 1. The summed E-state index contributed by atoms with van der Waals surface area (Å²) in [5, 5.41) is 7.16. The van der Waals surface area contributed by atoms with E-state index in [4.69, 9.17) is 0 Å². The van der Waals surface area contributed by atoms with Crippen LogP contribution in [0.25, 0.3) is 0 Å². The molecule has 106 valence electrons. The summed E-state index contributed by atoms with van der Waals surface area (Å²) in [5.41, 5.74) is -0.183. The molecule has 6 heteroatoms. The van der Waals surface area contributed by atoms with Gasteiger partial charge in [0.1, 0.15) is 0 Å². The lowest BCUT2D eigenvalue weighted by Crippen LogP contribution is -2.44. The van der Waals surface area contributed by atoms with Gasteiger partial charge in [-0.05, 0) is 32.2 Å². The number of amides is 1. The fourth-order valence-electron chi connectivity index (χ4n) is 3.32. The number of carbonyl (C=O) groups excluding carboxylic acids is 1. The molecule has 3 rings (SSSR count). The van der Waals surface area contributed by atoms with Crippen molar-refractivity contribution in [3.05, 3.63) is 11.1 Å². The molecule has 1 aliphatic carbocycles. The van der Waals surface area contributed by atoms with E-state index in [1.54, 1.807) is 11.3 Å². The van der Waals surface area contributed by atoms with Gasteiger partial charge >= 0.3 is 0 Å². The number of thiazole rings is 1. The highest BCUT2D eigenvalue weighted by Crippen LogP contribution is 2.44. The van der Waals surface area contributed by atoms with Crippen LogP contribution in [0.1, 0.15) is 30.6 Å². The van der Waals surface area contributed by atoms with Gasteiger partial charge in [0.2, 0.25) is 5.91 Å². The molecule has 0 aromatic carbocycles. The minimum Gasteiger partial charge on any atom is -0.315 e. The number of carbonyl (C=O) groups is 1. The topological polar surface area (TPSA) is 54.0 Å². The van der Waals surface area contributed by atoms with E-state index in [2.05, 4.69) is 15.6 Å². The van der Waals surface area contributed by atoms with Gasteiger partial charge in [0.15, 0.2) is 5.13 Å². The maximum Gasteiger partial charge on any atom is 0.233 e. The van der Waals surface area contributed by atoms with E-state index in [9.17, 15) is 4.79 Å². The molecular weight excluding hydrogens is 282 g/mol. The molecule has 1 amide bonds. The summed E-state index contributed by atoms with van der Waals surface area (Å²) in [5.74, 6) is 0.679.